The van der Waals surface area contributed by atoms with Crippen LogP contribution in [0, 0.1) is 0 Å². The molecule has 0 bridgehead atoms. The van der Waals surface area contributed by atoms with Crippen LogP contribution in [0.5, 0.6) is 11.5 Å². The Labute approximate surface area is 181 Å². The van der Waals surface area contributed by atoms with Crippen LogP contribution in [0.1, 0.15) is 28.4 Å². The normalized spacial score (nSPS) is 13.4. The molecule has 3 rings (SSSR count). The Morgan fingerprint density at radius 2 is 1.71 bits per heavy atom. The third-order valence-corrected chi connectivity index (χ3v) is 4.45. The van der Waals surface area contributed by atoms with Crippen molar-refractivity contribution in [2.45, 2.75) is 13.5 Å². The maximum atomic E-state index is 11.9. The van der Waals surface area contributed by atoms with Crippen LogP contribution >= 0.6 is 11.6 Å². The summed E-state index contributed by atoms with van der Waals surface area (Å²) in [5.41, 5.74) is 1.01. The summed E-state index contributed by atoms with van der Waals surface area (Å²) in [6.45, 7) is 2.17. The van der Waals surface area contributed by atoms with E-state index in [4.69, 9.17) is 26.2 Å². The molecule has 4 amide bonds. The molecule has 9 nitrogen and oxygen atoms in total. The van der Waals surface area contributed by atoms with Gasteiger partial charge in [-0.2, -0.15) is 0 Å². The van der Waals surface area contributed by atoms with E-state index in [-0.39, 0.29) is 34.3 Å². The van der Waals surface area contributed by atoms with E-state index in [0.717, 1.165) is 5.56 Å². The molecule has 0 unspecified atom stereocenters. The van der Waals surface area contributed by atoms with Gasteiger partial charge in [-0.25, -0.2) is 9.59 Å². The van der Waals surface area contributed by atoms with Crippen molar-refractivity contribution < 1.29 is 33.8 Å². The molecule has 10 heteroatoms. The largest absolute Gasteiger partial charge is 0.490 e. The lowest BCUT2D eigenvalue weighted by atomic mass is 10.1. The zero-order valence-corrected chi connectivity index (χ0v) is 17.0. The Morgan fingerprint density at radius 1 is 1.06 bits per heavy atom. The van der Waals surface area contributed by atoms with Crippen molar-refractivity contribution >= 4 is 41.5 Å². The van der Waals surface area contributed by atoms with Crippen molar-refractivity contribution in [3.8, 4) is 11.5 Å². The van der Waals surface area contributed by atoms with Gasteiger partial charge in [-0.05, 0) is 48.4 Å². The SMILES string of the molecule is CCOc1cc(C=C2C(=O)NC(=O)NC2=O)cc(Cl)c1OCc1ccc(C(=O)O)cc1. The number of carbonyl (C=O) groups excluding carboxylic acids is 3. The van der Waals surface area contributed by atoms with Gasteiger partial charge in [0.1, 0.15) is 12.2 Å². The van der Waals surface area contributed by atoms with Gasteiger partial charge in [0.05, 0.1) is 17.2 Å². The number of hydrogen-bond acceptors (Lipinski definition) is 6. The molecule has 0 spiro atoms. The summed E-state index contributed by atoms with van der Waals surface area (Å²) in [7, 11) is 0. The Bertz CT molecular complexity index is 1070. The number of nitrogens with one attached hydrogen (secondary N) is 2. The Hall–Kier alpha value is -3.85. The molecule has 31 heavy (non-hydrogen) atoms. The molecule has 0 radical (unpaired) electrons. The average molecular weight is 445 g/mol. The number of imide groups is 2. The second-order valence-electron chi connectivity index (χ2n) is 6.35. The molecule has 160 valence electrons. The number of ether oxygens (including phenoxy) is 2. The first-order valence-electron chi connectivity index (χ1n) is 9.08. The summed E-state index contributed by atoms with van der Waals surface area (Å²) in [4.78, 5) is 46.0. The zero-order chi connectivity index (χ0) is 22.5. The van der Waals surface area contributed by atoms with Gasteiger partial charge >= 0.3 is 12.0 Å². The van der Waals surface area contributed by atoms with E-state index in [0.29, 0.717) is 12.2 Å². The molecule has 2 aromatic carbocycles. The van der Waals surface area contributed by atoms with E-state index in [9.17, 15) is 19.2 Å². The number of aromatic carboxylic acids is 1. The Morgan fingerprint density at radius 3 is 2.29 bits per heavy atom. The molecule has 1 saturated heterocycles. The van der Waals surface area contributed by atoms with E-state index >= 15 is 0 Å². The van der Waals surface area contributed by atoms with Gasteiger partial charge in [0.15, 0.2) is 11.5 Å². The van der Waals surface area contributed by atoms with Gasteiger partial charge in [-0.3, -0.25) is 20.2 Å². The second kappa shape index (κ2) is 9.31. The first-order chi connectivity index (χ1) is 14.8. The summed E-state index contributed by atoms with van der Waals surface area (Å²) in [6, 6.07) is 8.31. The Balaban J connectivity index is 1.85. The van der Waals surface area contributed by atoms with Crippen LogP contribution in [0.25, 0.3) is 6.08 Å². The van der Waals surface area contributed by atoms with Gasteiger partial charge < -0.3 is 14.6 Å². The number of rotatable bonds is 7. The van der Waals surface area contributed by atoms with Crippen LogP contribution in [0.15, 0.2) is 42.0 Å². The van der Waals surface area contributed by atoms with Gasteiger partial charge in [0.2, 0.25) is 0 Å². The summed E-state index contributed by atoms with van der Waals surface area (Å²) in [6.07, 6.45) is 1.28. The number of carbonyl (C=O) groups is 4. The lowest BCUT2D eigenvalue weighted by Gasteiger charge is -2.16. The third kappa shape index (κ3) is 5.20. The molecule has 0 atom stereocenters. The maximum Gasteiger partial charge on any atom is 0.335 e. The highest BCUT2D eigenvalue weighted by atomic mass is 35.5. The number of halogens is 1. The smallest absolute Gasteiger partial charge is 0.335 e. The summed E-state index contributed by atoms with van der Waals surface area (Å²) < 4.78 is 11.4. The summed E-state index contributed by atoms with van der Waals surface area (Å²) >= 11 is 6.35. The lowest BCUT2D eigenvalue weighted by Crippen LogP contribution is -2.51. The van der Waals surface area contributed by atoms with E-state index < -0.39 is 23.8 Å². The van der Waals surface area contributed by atoms with Gasteiger partial charge in [-0.1, -0.05) is 23.7 Å². The molecule has 1 aliphatic rings. The minimum absolute atomic E-state index is 0.104. The number of barbiturate groups is 1. The first-order valence-corrected chi connectivity index (χ1v) is 9.46. The van der Waals surface area contributed by atoms with E-state index in [1.165, 1.54) is 24.3 Å². The number of urea groups is 1. The first kappa shape index (κ1) is 21.8. The van der Waals surface area contributed by atoms with E-state index in [1.807, 2.05) is 10.6 Å². The summed E-state index contributed by atoms with van der Waals surface area (Å²) in [5.74, 6) is -2.14. The molecule has 0 aliphatic carbocycles. The van der Waals surface area contributed by atoms with E-state index in [1.54, 1.807) is 25.1 Å². The fourth-order valence-electron chi connectivity index (χ4n) is 2.75. The van der Waals surface area contributed by atoms with Crippen molar-refractivity contribution in [3.05, 3.63) is 63.7 Å². The standard InChI is InChI=1S/C21H17ClN2O7/c1-2-30-16-9-12(7-14-18(25)23-21(29)24-19(14)26)8-15(22)17(16)31-10-11-3-5-13(6-4-11)20(27)28/h3-9H,2,10H2,1H3,(H,27,28)(H2,23,24,25,26,29). The van der Waals surface area contributed by atoms with Crippen LogP contribution in [-0.4, -0.2) is 35.5 Å². The van der Waals surface area contributed by atoms with Crippen molar-refractivity contribution in [1.82, 2.24) is 10.6 Å². The molecule has 1 fully saturated rings. The van der Waals surface area contributed by atoms with Crippen LogP contribution in [0.4, 0.5) is 4.79 Å². The molecule has 1 aliphatic heterocycles. The average Bonchev–Trinajstić information content (AvgIpc) is 2.70. The topological polar surface area (TPSA) is 131 Å². The monoisotopic (exact) mass is 444 g/mol. The third-order valence-electron chi connectivity index (χ3n) is 4.17. The molecular formula is C21H17ClN2O7. The second-order valence-corrected chi connectivity index (χ2v) is 6.76. The fourth-order valence-corrected chi connectivity index (χ4v) is 3.02. The highest BCUT2D eigenvalue weighted by Gasteiger charge is 2.28. The number of benzene rings is 2. The number of carboxylic acids is 1. The molecular weight excluding hydrogens is 428 g/mol. The van der Waals surface area contributed by atoms with Crippen molar-refractivity contribution in [1.29, 1.82) is 0 Å². The quantitative estimate of drug-likeness (QED) is 0.442. The predicted molar refractivity (Wildman–Crippen MR) is 110 cm³/mol. The molecule has 0 aromatic heterocycles. The molecule has 0 saturated carbocycles. The van der Waals surface area contributed by atoms with Gasteiger partial charge in [0.25, 0.3) is 11.8 Å². The highest BCUT2D eigenvalue weighted by molar-refractivity contribution is 6.33. The van der Waals surface area contributed by atoms with Crippen molar-refractivity contribution in [2.75, 3.05) is 6.61 Å². The zero-order valence-electron chi connectivity index (χ0n) is 16.2. The minimum Gasteiger partial charge on any atom is -0.490 e. The fraction of sp³-hybridized carbons (Fsp3) is 0.143. The maximum absolute atomic E-state index is 11.9. The van der Waals surface area contributed by atoms with Gasteiger partial charge in [0, 0.05) is 0 Å². The van der Waals surface area contributed by atoms with Gasteiger partial charge in [-0.15, -0.1) is 0 Å². The molecule has 2 aromatic rings. The van der Waals surface area contributed by atoms with Crippen LogP contribution in [0.3, 0.4) is 0 Å². The number of carboxylic acid groups (broad SMARTS) is 1. The summed E-state index contributed by atoms with van der Waals surface area (Å²) in [5, 5.41) is 13.1. The van der Waals surface area contributed by atoms with Crippen LogP contribution in [-0.2, 0) is 16.2 Å². The van der Waals surface area contributed by atoms with E-state index in [2.05, 4.69) is 0 Å². The van der Waals surface area contributed by atoms with Crippen LogP contribution < -0.4 is 20.1 Å². The minimum atomic E-state index is -1.02. The van der Waals surface area contributed by atoms with Crippen LogP contribution in [0.2, 0.25) is 5.02 Å². The lowest BCUT2D eigenvalue weighted by molar-refractivity contribution is -0.123. The number of hydrogen-bond donors (Lipinski definition) is 3. The molecule has 3 N–H and O–H groups in total. The number of amides is 4. The predicted octanol–water partition coefficient (Wildman–Crippen LogP) is 2.77. The molecule has 1 heterocycles. The Kier molecular flexibility index (Phi) is 6.56. The highest BCUT2D eigenvalue weighted by Crippen LogP contribution is 2.38. The van der Waals surface area contributed by atoms with Crippen molar-refractivity contribution in [2.24, 2.45) is 0 Å². The van der Waals surface area contributed by atoms with Crippen molar-refractivity contribution in [3.63, 3.8) is 0 Å².